The summed E-state index contributed by atoms with van der Waals surface area (Å²) in [5, 5.41) is 3.47. The van der Waals surface area contributed by atoms with Gasteiger partial charge in [0.05, 0.1) is 5.69 Å². The van der Waals surface area contributed by atoms with Crippen molar-refractivity contribution in [3.63, 3.8) is 0 Å². The zero-order chi connectivity index (χ0) is 12.5. The maximum Gasteiger partial charge on any atom is 0.139 e. The molecule has 0 bridgehead atoms. The predicted octanol–water partition coefficient (Wildman–Crippen LogP) is 1.44. The van der Waals surface area contributed by atoms with Gasteiger partial charge < -0.3 is 9.72 Å². The fourth-order valence-corrected chi connectivity index (χ4v) is 2.67. The fourth-order valence-electron chi connectivity index (χ4n) is 2.67. The van der Waals surface area contributed by atoms with Crippen molar-refractivity contribution in [3.8, 4) is 0 Å². The molecule has 1 N–H and O–H groups in total. The van der Waals surface area contributed by atoms with Crippen molar-refractivity contribution in [3.05, 3.63) is 35.8 Å². The van der Waals surface area contributed by atoms with Crippen molar-refractivity contribution < 1.29 is 0 Å². The molecular weight excluding hydrogens is 224 g/mol. The largest absolute Gasteiger partial charge is 0.312 e. The van der Waals surface area contributed by atoms with E-state index in [4.69, 9.17) is 4.98 Å². The normalized spacial score (nSPS) is 21.6. The SMILES string of the molecule is Cc1cccn2cc(CN3CCNC(C)C3)nc12. The van der Waals surface area contributed by atoms with Gasteiger partial charge in [-0.1, -0.05) is 6.07 Å². The number of hydrogen-bond donors (Lipinski definition) is 1. The van der Waals surface area contributed by atoms with Crippen LogP contribution in [0.25, 0.3) is 5.65 Å². The number of fused-ring (bicyclic) bond motifs is 1. The van der Waals surface area contributed by atoms with E-state index in [0.29, 0.717) is 6.04 Å². The number of hydrogen-bond acceptors (Lipinski definition) is 3. The maximum absolute atomic E-state index is 4.73. The second-order valence-corrected chi connectivity index (χ2v) is 5.24. The molecule has 0 aromatic carbocycles. The molecule has 18 heavy (non-hydrogen) atoms. The Morgan fingerprint density at radius 1 is 1.50 bits per heavy atom. The van der Waals surface area contributed by atoms with Crippen molar-refractivity contribution in [1.29, 1.82) is 0 Å². The van der Waals surface area contributed by atoms with Gasteiger partial charge >= 0.3 is 0 Å². The molecule has 1 aliphatic rings. The van der Waals surface area contributed by atoms with Gasteiger partial charge in [0, 0.05) is 44.6 Å². The lowest BCUT2D eigenvalue weighted by atomic mass is 10.2. The van der Waals surface area contributed by atoms with Crippen LogP contribution in [0.15, 0.2) is 24.5 Å². The van der Waals surface area contributed by atoms with E-state index < -0.39 is 0 Å². The molecule has 0 saturated carbocycles. The molecule has 4 nitrogen and oxygen atoms in total. The van der Waals surface area contributed by atoms with Crippen molar-refractivity contribution in [2.24, 2.45) is 0 Å². The first kappa shape index (κ1) is 11.7. The Morgan fingerprint density at radius 2 is 2.39 bits per heavy atom. The molecular formula is C14H20N4. The van der Waals surface area contributed by atoms with E-state index in [-0.39, 0.29) is 0 Å². The summed E-state index contributed by atoms with van der Waals surface area (Å²) < 4.78 is 2.12. The topological polar surface area (TPSA) is 32.6 Å². The number of nitrogens with one attached hydrogen (secondary N) is 1. The highest BCUT2D eigenvalue weighted by Gasteiger charge is 2.16. The van der Waals surface area contributed by atoms with E-state index in [1.807, 2.05) is 0 Å². The highest BCUT2D eigenvalue weighted by Crippen LogP contribution is 2.12. The molecule has 3 rings (SSSR count). The van der Waals surface area contributed by atoms with E-state index in [2.05, 4.69) is 53.0 Å². The van der Waals surface area contributed by atoms with Crippen LogP contribution in [0.3, 0.4) is 0 Å². The van der Waals surface area contributed by atoms with Gasteiger partial charge in [0.1, 0.15) is 5.65 Å². The minimum absolute atomic E-state index is 0.581. The van der Waals surface area contributed by atoms with E-state index in [1.165, 1.54) is 11.3 Å². The third kappa shape index (κ3) is 2.26. The number of pyridine rings is 1. The van der Waals surface area contributed by atoms with E-state index in [0.717, 1.165) is 31.8 Å². The summed E-state index contributed by atoms with van der Waals surface area (Å²) >= 11 is 0. The predicted molar refractivity (Wildman–Crippen MR) is 72.7 cm³/mol. The number of aryl methyl sites for hydroxylation is 1. The molecule has 3 heterocycles. The molecule has 2 aromatic heterocycles. The van der Waals surface area contributed by atoms with Crippen LogP contribution < -0.4 is 5.32 Å². The molecule has 0 radical (unpaired) electrons. The van der Waals surface area contributed by atoms with Crippen LogP contribution in [0.4, 0.5) is 0 Å². The van der Waals surface area contributed by atoms with Crippen molar-refractivity contribution in [2.45, 2.75) is 26.4 Å². The zero-order valence-electron chi connectivity index (χ0n) is 11.1. The van der Waals surface area contributed by atoms with Gasteiger partial charge in [-0.25, -0.2) is 4.98 Å². The number of imidazole rings is 1. The first-order chi connectivity index (χ1) is 8.72. The van der Waals surface area contributed by atoms with Gasteiger partial charge in [-0.15, -0.1) is 0 Å². The van der Waals surface area contributed by atoms with Crippen molar-refractivity contribution in [1.82, 2.24) is 19.6 Å². The Labute approximate surface area is 108 Å². The second kappa shape index (κ2) is 4.71. The Hall–Kier alpha value is -1.39. The summed E-state index contributed by atoms with van der Waals surface area (Å²) in [5.74, 6) is 0. The fraction of sp³-hybridized carbons (Fsp3) is 0.500. The first-order valence-electron chi connectivity index (χ1n) is 6.61. The molecule has 1 aliphatic heterocycles. The maximum atomic E-state index is 4.73. The lowest BCUT2D eigenvalue weighted by molar-refractivity contribution is 0.198. The van der Waals surface area contributed by atoms with Gasteiger partial charge in [0.25, 0.3) is 0 Å². The number of piperazine rings is 1. The molecule has 0 spiro atoms. The Kier molecular flexibility index (Phi) is 3.06. The monoisotopic (exact) mass is 244 g/mol. The summed E-state index contributed by atoms with van der Waals surface area (Å²) in [6, 6.07) is 4.76. The van der Waals surface area contributed by atoms with E-state index in [9.17, 15) is 0 Å². The van der Waals surface area contributed by atoms with Crippen LogP contribution in [0.5, 0.6) is 0 Å². The standard InChI is InChI=1S/C14H20N4/c1-11-4-3-6-18-10-13(16-14(11)18)9-17-7-5-15-12(2)8-17/h3-4,6,10,12,15H,5,7-9H2,1-2H3. The molecule has 0 amide bonds. The van der Waals surface area contributed by atoms with Crippen molar-refractivity contribution in [2.75, 3.05) is 19.6 Å². The molecule has 1 saturated heterocycles. The van der Waals surface area contributed by atoms with E-state index >= 15 is 0 Å². The molecule has 1 atom stereocenters. The molecule has 4 heteroatoms. The van der Waals surface area contributed by atoms with Gasteiger partial charge in [-0.2, -0.15) is 0 Å². The summed E-state index contributed by atoms with van der Waals surface area (Å²) in [6.07, 6.45) is 4.22. The molecule has 0 aliphatic carbocycles. The van der Waals surface area contributed by atoms with Gasteiger partial charge in [0.2, 0.25) is 0 Å². The third-order valence-electron chi connectivity index (χ3n) is 3.57. The van der Waals surface area contributed by atoms with Crippen LogP contribution in [-0.2, 0) is 6.54 Å². The van der Waals surface area contributed by atoms with Gasteiger partial charge in [0.15, 0.2) is 0 Å². The minimum Gasteiger partial charge on any atom is -0.312 e. The summed E-state index contributed by atoms with van der Waals surface area (Å²) in [6.45, 7) is 8.59. The smallest absolute Gasteiger partial charge is 0.139 e. The highest BCUT2D eigenvalue weighted by molar-refractivity contribution is 5.47. The summed E-state index contributed by atoms with van der Waals surface area (Å²) in [5.41, 5.74) is 3.48. The minimum atomic E-state index is 0.581. The van der Waals surface area contributed by atoms with Gasteiger partial charge in [-0.3, -0.25) is 4.90 Å². The number of nitrogens with zero attached hydrogens (tertiary/aromatic N) is 3. The molecule has 2 aromatic rings. The Bertz CT molecular complexity index is 546. The lowest BCUT2D eigenvalue weighted by Gasteiger charge is -2.31. The van der Waals surface area contributed by atoms with Crippen LogP contribution in [0, 0.1) is 6.92 Å². The number of rotatable bonds is 2. The average Bonchev–Trinajstić information content (AvgIpc) is 2.73. The quantitative estimate of drug-likeness (QED) is 0.867. The Morgan fingerprint density at radius 3 is 3.17 bits per heavy atom. The van der Waals surface area contributed by atoms with Crippen LogP contribution >= 0.6 is 0 Å². The first-order valence-corrected chi connectivity index (χ1v) is 6.61. The second-order valence-electron chi connectivity index (χ2n) is 5.24. The van der Waals surface area contributed by atoms with Crippen LogP contribution in [0.2, 0.25) is 0 Å². The van der Waals surface area contributed by atoms with Crippen molar-refractivity contribution >= 4 is 5.65 Å². The van der Waals surface area contributed by atoms with Gasteiger partial charge in [-0.05, 0) is 25.5 Å². The highest BCUT2D eigenvalue weighted by atomic mass is 15.2. The van der Waals surface area contributed by atoms with E-state index in [1.54, 1.807) is 0 Å². The molecule has 1 fully saturated rings. The summed E-state index contributed by atoms with van der Waals surface area (Å²) in [7, 11) is 0. The zero-order valence-corrected chi connectivity index (χ0v) is 11.1. The summed E-state index contributed by atoms with van der Waals surface area (Å²) in [4.78, 5) is 7.20. The lowest BCUT2D eigenvalue weighted by Crippen LogP contribution is -2.48. The van der Waals surface area contributed by atoms with Crippen LogP contribution in [0.1, 0.15) is 18.2 Å². The average molecular weight is 244 g/mol. The molecule has 96 valence electrons. The molecule has 1 unspecified atom stereocenters. The third-order valence-corrected chi connectivity index (χ3v) is 3.57. The van der Waals surface area contributed by atoms with Crippen LogP contribution in [-0.4, -0.2) is 40.0 Å². The Balaban J connectivity index is 1.80. The number of aromatic nitrogens is 2.